The molecule has 2 aromatic rings. The van der Waals surface area contributed by atoms with Gasteiger partial charge in [0, 0.05) is 16.7 Å². The van der Waals surface area contributed by atoms with Crippen molar-refractivity contribution >= 4 is 11.6 Å². The molecule has 0 saturated carbocycles. The Morgan fingerprint density at radius 1 is 1.04 bits per heavy atom. The largest absolute Gasteiger partial charge is 0.489 e. The van der Waals surface area contributed by atoms with Crippen LogP contribution in [0.25, 0.3) is 0 Å². The summed E-state index contributed by atoms with van der Waals surface area (Å²) in [6, 6.07) is 13.2. The van der Waals surface area contributed by atoms with Crippen LogP contribution in [-0.2, 0) is 6.42 Å². The molecule has 4 heteroatoms. The molecule has 0 bridgehead atoms. The van der Waals surface area contributed by atoms with Gasteiger partial charge in [0.15, 0.2) is 11.5 Å². The summed E-state index contributed by atoms with van der Waals surface area (Å²) < 4.78 is 11.6. The molecule has 1 aliphatic heterocycles. The van der Waals surface area contributed by atoms with Crippen LogP contribution in [0.15, 0.2) is 42.5 Å². The first-order valence-corrected chi connectivity index (χ1v) is 8.27. The summed E-state index contributed by atoms with van der Waals surface area (Å²) in [7, 11) is 0. The predicted octanol–water partition coefficient (Wildman–Crippen LogP) is 4.30. The summed E-state index contributed by atoms with van der Waals surface area (Å²) in [5, 5.41) is 2.91. The van der Waals surface area contributed by atoms with Crippen LogP contribution >= 0.6 is 0 Å². The zero-order valence-electron chi connectivity index (χ0n) is 14.4. The normalized spacial score (nSPS) is 15.5. The first kappa shape index (κ1) is 16.4. The van der Waals surface area contributed by atoms with Gasteiger partial charge in [0.2, 0.25) is 0 Å². The van der Waals surface area contributed by atoms with Gasteiger partial charge in [-0.1, -0.05) is 32.9 Å². The van der Waals surface area contributed by atoms with Crippen molar-refractivity contribution in [2.45, 2.75) is 27.2 Å². The Morgan fingerprint density at radius 2 is 1.71 bits per heavy atom. The van der Waals surface area contributed by atoms with Crippen molar-refractivity contribution in [1.29, 1.82) is 0 Å². The molecule has 126 valence electrons. The highest BCUT2D eigenvalue weighted by Gasteiger charge is 2.25. The van der Waals surface area contributed by atoms with Crippen LogP contribution in [0.5, 0.6) is 11.5 Å². The molecular weight excluding hydrogens is 302 g/mol. The average Bonchev–Trinajstić information content (AvgIpc) is 2.74. The van der Waals surface area contributed by atoms with Crippen LogP contribution in [0.1, 0.15) is 36.7 Å². The summed E-state index contributed by atoms with van der Waals surface area (Å²) in [6.07, 6.45) is 0.979. The second kappa shape index (κ2) is 6.56. The fraction of sp³-hybridized carbons (Fsp3) is 0.350. The van der Waals surface area contributed by atoms with Gasteiger partial charge >= 0.3 is 0 Å². The number of fused-ring (bicyclic) bond motifs is 1. The lowest BCUT2D eigenvalue weighted by molar-refractivity contribution is 0.102. The highest BCUT2D eigenvalue weighted by molar-refractivity contribution is 6.04. The number of anilines is 1. The fourth-order valence-electron chi connectivity index (χ4n) is 2.50. The van der Waals surface area contributed by atoms with E-state index in [1.807, 2.05) is 24.3 Å². The number of nitrogens with one attached hydrogen (secondary N) is 1. The number of carbonyl (C=O) groups is 1. The monoisotopic (exact) mass is 325 g/mol. The van der Waals surface area contributed by atoms with Crippen LogP contribution in [0.3, 0.4) is 0 Å². The van der Waals surface area contributed by atoms with E-state index in [4.69, 9.17) is 9.47 Å². The summed E-state index contributed by atoms with van der Waals surface area (Å²) in [4.78, 5) is 12.5. The second-order valence-corrected chi connectivity index (χ2v) is 6.91. The van der Waals surface area contributed by atoms with E-state index >= 15 is 0 Å². The van der Waals surface area contributed by atoms with Gasteiger partial charge < -0.3 is 14.8 Å². The van der Waals surface area contributed by atoms with Crippen molar-refractivity contribution in [2.24, 2.45) is 5.41 Å². The third-order valence-electron chi connectivity index (χ3n) is 4.06. The molecule has 0 aromatic heterocycles. The summed E-state index contributed by atoms with van der Waals surface area (Å²) in [6.45, 7) is 7.43. The molecule has 3 rings (SSSR count). The molecule has 0 fully saturated rings. The molecule has 4 nitrogen and oxygen atoms in total. The SMILES string of the molecule is CCc1ccc(NC(=O)c2ccc3c(c2)OCC(C)(C)CO3)cc1. The van der Waals surface area contributed by atoms with E-state index in [2.05, 4.69) is 26.1 Å². The minimum Gasteiger partial charge on any atom is -0.489 e. The molecule has 0 spiro atoms. The number of hydrogen-bond donors (Lipinski definition) is 1. The smallest absolute Gasteiger partial charge is 0.255 e. The van der Waals surface area contributed by atoms with E-state index in [0.717, 1.165) is 12.1 Å². The number of carbonyl (C=O) groups excluding carboxylic acids is 1. The van der Waals surface area contributed by atoms with E-state index in [1.54, 1.807) is 18.2 Å². The van der Waals surface area contributed by atoms with Crippen molar-refractivity contribution in [1.82, 2.24) is 0 Å². The van der Waals surface area contributed by atoms with Gasteiger partial charge in [-0.3, -0.25) is 4.79 Å². The highest BCUT2D eigenvalue weighted by Crippen LogP contribution is 2.34. The van der Waals surface area contributed by atoms with Gasteiger partial charge in [-0.05, 0) is 42.3 Å². The fourth-order valence-corrected chi connectivity index (χ4v) is 2.50. The number of amides is 1. The van der Waals surface area contributed by atoms with E-state index in [9.17, 15) is 4.79 Å². The maximum absolute atomic E-state index is 12.5. The molecule has 0 radical (unpaired) electrons. The van der Waals surface area contributed by atoms with Gasteiger partial charge in [-0.25, -0.2) is 0 Å². The Kier molecular flexibility index (Phi) is 4.47. The van der Waals surface area contributed by atoms with E-state index in [0.29, 0.717) is 30.3 Å². The topological polar surface area (TPSA) is 47.6 Å². The molecule has 1 N–H and O–H groups in total. The van der Waals surface area contributed by atoms with E-state index in [-0.39, 0.29) is 11.3 Å². The number of benzene rings is 2. The Hall–Kier alpha value is -2.49. The van der Waals surface area contributed by atoms with Crippen molar-refractivity contribution < 1.29 is 14.3 Å². The van der Waals surface area contributed by atoms with Crippen LogP contribution < -0.4 is 14.8 Å². The number of ether oxygens (including phenoxy) is 2. The van der Waals surface area contributed by atoms with Crippen LogP contribution in [0, 0.1) is 5.41 Å². The van der Waals surface area contributed by atoms with Gasteiger partial charge in [0.05, 0.1) is 13.2 Å². The van der Waals surface area contributed by atoms with Crippen molar-refractivity contribution in [3.8, 4) is 11.5 Å². The van der Waals surface area contributed by atoms with Gasteiger partial charge in [0.1, 0.15) is 0 Å². The molecule has 2 aromatic carbocycles. The highest BCUT2D eigenvalue weighted by atomic mass is 16.5. The zero-order chi connectivity index (χ0) is 17.2. The number of hydrogen-bond acceptors (Lipinski definition) is 3. The minimum atomic E-state index is -0.158. The molecule has 24 heavy (non-hydrogen) atoms. The average molecular weight is 325 g/mol. The minimum absolute atomic E-state index is 0.0531. The zero-order valence-corrected chi connectivity index (χ0v) is 14.4. The van der Waals surface area contributed by atoms with Gasteiger partial charge in [-0.2, -0.15) is 0 Å². The van der Waals surface area contributed by atoms with Crippen LogP contribution in [0.4, 0.5) is 5.69 Å². The Bertz CT molecular complexity index is 735. The van der Waals surface area contributed by atoms with Crippen LogP contribution in [-0.4, -0.2) is 19.1 Å². The molecule has 0 atom stereocenters. The summed E-state index contributed by atoms with van der Waals surface area (Å²) in [5.74, 6) is 1.15. The Balaban J connectivity index is 1.75. The first-order chi connectivity index (χ1) is 11.5. The maximum Gasteiger partial charge on any atom is 0.255 e. The van der Waals surface area contributed by atoms with E-state index < -0.39 is 0 Å². The molecular formula is C20H23NO3. The predicted molar refractivity (Wildman–Crippen MR) is 95.0 cm³/mol. The quantitative estimate of drug-likeness (QED) is 0.915. The van der Waals surface area contributed by atoms with Gasteiger partial charge in [-0.15, -0.1) is 0 Å². The Labute approximate surface area is 142 Å². The van der Waals surface area contributed by atoms with Crippen molar-refractivity contribution in [3.05, 3.63) is 53.6 Å². The molecule has 1 aliphatic rings. The lowest BCUT2D eigenvalue weighted by atomic mass is 9.97. The lowest BCUT2D eigenvalue weighted by Gasteiger charge is -2.19. The van der Waals surface area contributed by atoms with Crippen LogP contribution in [0.2, 0.25) is 0 Å². The standard InChI is InChI=1S/C20H23NO3/c1-4-14-5-8-16(9-6-14)21-19(22)15-7-10-17-18(11-15)24-13-20(2,3)12-23-17/h5-11H,4,12-13H2,1-3H3,(H,21,22). The third-order valence-corrected chi connectivity index (χ3v) is 4.06. The van der Waals surface area contributed by atoms with Crippen molar-refractivity contribution in [3.63, 3.8) is 0 Å². The molecule has 1 heterocycles. The molecule has 0 unspecified atom stereocenters. The molecule has 1 amide bonds. The molecule has 0 aliphatic carbocycles. The summed E-state index contributed by atoms with van der Waals surface area (Å²) >= 11 is 0. The number of aryl methyl sites for hydroxylation is 1. The van der Waals surface area contributed by atoms with E-state index in [1.165, 1.54) is 5.56 Å². The summed E-state index contributed by atoms with van der Waals surface area (Å²) in [5.41, 5.74) is 2.52. The number of rotatable bonds is 3. The molecule has 0 saturated heterocycles. The lowest BCUT2D eigenvalue weighted by Crippen LogP contribution is -2.26. The maximum atomic E-state index is 12.5. The van der Waals surface area contributed by atoms with Gasteiger partial charge in [0.25, 0.3) is 5.91 Å². The second-order valence-electron chi connectivity index (χ2n) is 6.91. The third kappa shape index (κ3) is 3.70. The first-order valence-electron chi connectivity index (χ1n) is 8.27. The Morgan fingerprint density at radius 3 is 2.38 bits per heavy atom. The van der Waals surface area contributed by atoms with Crippen molar-refractivity contribution in [2.75, 3.05) is 18.5 Å².